The molecule has 0 aromatic rings. The summed E-state index contributed by atoms with van der Waals surface area (Å²) in [7, 11) is -3.42. The molecule has 1 aliphatic carbocycles. The summed E-state index contributed by atoms with van der Waals surface area (Å²) in [5.74, 6) is -0.0188. The second-order valence-corrected chi connectivity index (χ2v) is 7.27. The van der Waals surface area contributed by atoms with Crippen molar-refractivity contribution in [3.63, 3.8) is 0 Å². The van der Waals surface area contributed by atoms with Crippen molar-refractivity contribution >= 4 is 16.2 Å². The largest absolute Gasteiger partial charge is 0.444 e. The Morgan fingerprint density at radius 2 is 2.05 bits per heavy atom. The van der Waals surface area contributed by atoms with Gasteiger partial charge in [0.15, 0.2) is 0 Å². The summed E-state index contributed by atoms with van der Waals surface area (Å²) in [6, 6.07) is -0.150. The molecule has 0 radical (unpaired) electrons. The predicted molar refractivity (Wildman–Crippen MR) is 73.3 cm³/mol. The molecule has 0 heterocycles. The Labute approximate surface area is 115 Å². The predicted octanol–water partition coefficient (Wildman–Crippen LogP) is 1.68. The Kier molecular flexibility index (Phi) is 4.98. The first kappa shape index (κ1) is 16.0. The van der Waals surface area contributed by atoms with E-state index < -0.39 is 21.8 Å². The molecule has 2 atom stereocenters. The topological polar surface area (TPSA) is 81.7 Å². The standard InChI is InChI=1S/C12H21NO5S.H2/c1-12(2,3)18-11(14)13-10-6-5-9(7-10)8-17-19(4,15)16;/h5-6,9-10H,7-8H2,1-4H3,(H,13,14);1H. The fraction of sp³-hybridized carbons (Fsp3) is 0.750. The molecular formula is C12H23NO5S. The second kappa shape index (κ2) is 5.92. The van der Waals surface area contributed by atoms with Gasteiger partial charge in [-0.3, -0.25) is 4.18 Å². The number of alkyl carbamates (subject to hydrolysis) is 1. The summed E-state index contributed by atoms with van der Waals surface area (Å²) < 4.78 is 31.6. The molecule has 0 aromatic carbocycles. The smallest absolute Gasteiger partial charge is 0.408 e. The Morgan fingerprint density at radius 3 is 2.58 bits per heavy atom. The first-order chi connectivity index (χ1) is 8.55. The lowest BCUT2D eigenvalue weighted by molar-refractivity contribution is 0.0511. The minimum absolute atomic E-state index is 0. The fourth-order valence-electron chi connectivity index (χ4n) is 1.68. The molecule has 0 aliphatic heterocycles. The maximum atomic E-state index is 11.5. The minimum atomic E-state index is -3.42. The lowest BCUT2D eigenvalue weighted by atomic mass is 10.1. The monoisotopic (exact) mass is 293 g/mol. The molecule has 1 aliphatic rings. The van der Waals surface area contributed by atoms with Crippen LogP contribution >= 0.6 is 0 Å². The lowest BCUT2D eigenvalue weighted by Gasteiger charge is -2.21. The number of carbonyl (C=O) groups excluding carboxylic acids is 1. The van der Waals surface area contributed by atoms with E-state index in [1.54, 1.807) is 20.8 Å². The first-order valence-corrected chi connectivity index (χ1v) is 7.89. The lowest BCUT2D eigenvalue weighted by Crippen LogP contribution is -2.37. The van der Waals surface area contributed by atoms with E-state index >= 15 is 0 Å². The number of carbonyl (C=O) groups is 1. The van der Waals surface area contributed by atoms with Crippen LogP contribution in [0, 0.1) is 5.92 Å². The normalized spacial score (nSPS) is 23.4. The van der Waals surface area contributed by atoms with E-state index in [0.717, 1.165) is 6.26 Å². The van der Waals surface area contributed by atoms with Crippen molar-refractivity contribution in [2.75, 3.05) is 12.9 Å². The number of amides is 1. The van der Waals surface area contributed by atoms with Crippen LogP contribution < -0.4 is 5.32 Å². The SMILES string of the molecule is CC(C)(C)OC(=O)NC1C=CC(COS(C)(=O)=O)C1.[HH]. The minimum Gasteiger partial charge on any atom is -0.444 e. The van der Waals surface area contributed by atoms with Crippen LogP contribution in [0.25, 0.3) is 0 Å². The van der Waals surface area contributed by atoms with E-state index in [1.165, 1.54) is 0 Å². The summed E-state index contributed by atoms with van der Waals surface area (Å²) in [4.78, 5) is 11.5. The number of hydrogen-bond donors (Lipinski definition) is 1. The van der Waals surface area contributed by atoms with E-state index in [2.05, 4.69) is 5.32 Å². The average molecular weight is 293 g/mol. The van der Waals surface area contributed by atoms with Crippen LogP contribution in [0.1, 0.15) is 28.6 Å². The highest BCUT2D eigenvalue weighted by Gasteiger charge is 2.24. The highest BCUT2D eigenvalue weighted by Crippen LogP contribution is 2.19. The summed E-state index contributed by atoms with van der Waals surface area (Å²) >= 11 is 0. The van der Waals surface area contributed by atoms with Crippen molar-refractivity contribution < 1.29 is 23.6 Å². The van der Waals surface area contributed by atoms with Crippen LogP contribution in [0.2, 0.25) is 0 Å². The van der Waals surface area contributed by atoms with Gasteiger partial charge in [-0.25, -0.2) is 4.79 Å². The quantitative estimate of drug-likeness (QED) is 0.630. The van der Waals surface area contributed by atoms with Crippen LogP contribution in [-0.2, 0) is 19.0 Å². The zero-order chi connectivity index (χ0) is 14.7. The van der Waals surface area contributed by atoms with Gasteiger partial charge in [-0.2, -0.15) is 8.42 Å². The maximum Gasteiger partial charge on any atom is 0.408 e. The fourth-order valence-corrected chi connectivity index (χ4v) is 2.10. The molecule has 0 fully saturated rings. The van der Waals surface area contributed by atoms with Crippen molar-refractivity contribution in [2.24, 2.45) is 5.92 Å². The molecule has 0 bridgehead atoms. The Balaban J connectivity index is 0.00000361. The third-order valence-corrected chi connectivity index (χ3v) is 2.93. The second-order valence-electron chi connectivity index (χ2n) is 5.62. The van der Waals surface area contributed by atoms with E-state index in [0.29, 0.717) is 6.42 Å². The Morgan fingerprint density at radius 1 is 1.42 bits per heavy atom. The maximum absolute atomic E-state index is 11.5. The number of rotatable bonds is 4. The molecule has 112 valence electrons. The van der Waals surface area contributed by atoms with Gasteiger partial charge in [0.2, 0.25) is 0 Å². The van der Waals surface area contributed by atoms with Gasteiger partial charge < -0.3 is 10.1 Å². The van der Waals surface area contributed by atoms with Gasteiger partial charge in [-0.05, 0) is 27.2 Å². The highest BCUT2D eigenvalue weighted by atomic mass is 32.2. The van der Waals surface area contributed by atoms with Crippen LogP contribution in [0.5, 0.6) is 0 Å². The van der Waals surface area contributed by atoms with Crippen molar-refractivity contribution in [3.8, 4) is 0 Å². The zero-order valence-electron chi connectivity index (χ0n) is 11.7. The van der Waals surface area contributed by atoms with Crippen LogP contribution in [-0.4, -0.2) is 39.0 Å². The van der Waals surface area contributed by atoms with Crippen molar-refractivity contribution in [1.82, 2.24) is 5.32 Å². The molecular weight excluding hydrogens is 270 g/mol. The molecule has 1 rings (SSSR count). The molecule has 1 N–H and O–H groups in total. The van der Waals surface area contributed by atoms with Crippen molar-refractivity contribution in [1.29, 1.82) is 0 Å². The molecule has 7 heteroatoms. The molecule has 0 saturated heterocycles. The van der Waals surface area contributed by atoms with Gasteiger partial charge in [0, 0.05) is 7.34 Å². The van der Waals surface area contributed by atoms with Gasteiger partial charge in [0.25, 0.3) is 10.1 Å². The number of hydrogen-bond acceptors (Lipinski definition) is 5. The van der Waals surface area contributed by atoms with Gasteiger partial charge in [-0.1, -0.05) is 12.2 Å². The zero-order valence-corrected chi connectivity index (χ0v) is 12.5. The van der Waals surface area contributed by atoms with Crippen LogP contribution in [0.4, 0.5) is 4.79 Å². The molecule has 0 aromatic heterocycles. The van der Waals surface area contributed by atoms with Gasteiger partial charge in [0.1, 0.15) is 5.60 Å². The van der Waals surface area contributed by atoms with Gasteiger partial charge >= 0.3 is 6.09 Å². The van der Waals surface area contributed by atoms with E-state index in [9.17, 15) is 13.2 Å². The number of ether oxygens (including phenoxy) is 1. The van der Waals surface area contributed by atoms with Crippen LogP contribution in [0.15, 0.2) is 12.2 Å². The highest BCUT2D eigenvalue weighted by molar-refractivity contribution is 7.85. The van der Waals surface area contributed by atoms with E-state index in [1.807, 2.05) is 12.2 Å². The summed E-state index contributed by atoms with van der Waals surface area (Å²) in [5.41, 5.74) is -0.537. The third kappa shape index (κ3) is 7.17. The average Bonchev–Trinajstić information content (AvgIpc) is 2.58. The van der Waals surface area contributed by atoms with E-state index in [4.69, 9.17) is 8.92 Å². The Hall–Kier alpha value is -1.08. The van der Waals surface area contributed by atoms with E-state index in [-0.39, 0.29) is 20.0 Å². The molecule has 0 saturated carbocycles. The molecule has 19 heavy (non-hydrogen) atoms. The first-order valence-electron chi connectivity index (χ1n) is 6.07. The summed E-state index contributed by atoms with van der Waals surface area (Å²) in [5, 5.41) is 2.71. The molecule has 0 spiro atoms. The van der Waals surface area contributed by atoms with Gasteiger partial charge in [0.05, 0.1) is 18.9 Å². The van der Waals surface area contributed by atoms with Crippen molar-refractivity contribution in [3.05, 3.63) is 12.2 Å². The third-order valence-electron chi connectivity index (χ3n) is 2.37. The summed E-state index contributed by atoms with van der Waals surface area (Å²) in [6.07, 6.45) is 4.80. The molecule has 1 amide bonds. The van der Waals surface area contributed by atoms with Gasteiger partial charge in [-0.15, -0.1) is 0 Å². The Bertz CT molecular complexity index is 455. The van der Waals surface area contributed by atoms with Crippen LogP contribution in [0.3, 0.4) is 0 Å². The van der Waals surface area contributed by atoms with Crippen molar-refractivity contribution in [2.45, 2.75) is 38.8 Å². The molecule has 6 nitrogen and oxygen atoms in total. The molecule has 2 unspecified atom stereocenters. The number of nitrogens with one attached hydrogen (secondary N) is 1. The summed E-state index contributed by atoms with van der Waals surface area (Å²) in [6.45, 7) is 5.47.